The minimum absolute atomic E-state index is 0.0403. The maximum absolute atomic E-state index is 13.0. The first kappa shape index (κ1) is 16.6. The van der Waals surface area contributed by atoms with Crippen molar-refractivity contribution in [1.29, 1.82) is 5.26 Å². The number of anilines is 1. The molecule has 2 saturated heterocycles. The average molecular weight is 350 g/mol. The summed E-state index contributed by atoms with van der Waals surface area (Å²) in [4.78, 5) is 26.3. The number of nitrogens with zero attached hydrogens (tertiary/aromatic N) is 4. The van der Waals surface area contributed by atoms with Crippen molar-refractivity contribution in [2.24, 2.45) is 0 Å². The first-order valence-corrected chi connectivity index (χ1v) is 9.10. The maximum Gasteiger partial charge on any atom is 0.274 e. The summed E-state index contributed by atoms with van der Waals surface area (Å²) in [6, 6.07) is 4.72. The average Bonchev–Trinajstić information content (AvgIpc) is 3.07. The van der Waals surface area contributed by atoms with E-state index in [2.05, 4.69) is 31.2 Å². The van der Waals surface area contributed by atoms with Crippen molar-refractivity contribution in [3.05, 3.63) is 41.7 Å². The third kappa shape index (κ3) is 2.92. The van der Waals surface area contributed by atoms with Crippen LogP contribution in [0.1, 0.15) is 53.8 Å². The molecule has 2 atom stereocenters. The molecule has 7 nitrogen and oxygen atoms in total. The van der Waals surface area contributed by atoms with Gasteiger partial charge in [-0.25, -0.2) is 4.98 Å². The van der Waals surface area contributed by atoms with Gasteiger partial charge in [-0.3, -0.25) is 9.78 Å². The van der Waals surface area contributed by atoms with Crippen LogP contribution in [0.15, 0.2) is 24.8 Å². The number of H-pyrrole nitrogens is 1. The topological polar surface area (TPSA) is 97.7 Å². The quantitative estimate of drug-likeness (QED) is 0.887. The van der Waals surface area contributed by atoms with Crippen molar-refractivity contribution in [3.63, 3.8) is 0 Å². The molecule has 2 aliphatic rings. The van der Waals surface area contributed by atoms with Crippen molar-refractivity contribution >= 4 is 11.6 Å². The third-order valence-corrected chi connectivity index (χ3v) is 5.54. The van der Waals surface area contributed by atoms with Crippen molar-refractivity contribution in [3.8, 4) is 6.07 Å². The molecule has 4 rings (SSSR count). The number of aromatic nitrogens is 3. The Morgan fingerprint density at radius 3 is 2.81 bits per heavy atom. The number of hydrogen-bond acceptors (Lipinski definition) is 5. The molecule has 134 valence electrons. The smallest absolute Gasteiger partial charge is 0.274 e. The summed E-state index contributed by atoms with van der Waals surface area (Å²) in [5, 5.41) is 12.8. The molecule has 0 radical (unpaired) electrons. The first-order chi connectivity index (χ1) is 12.7. The minimum atomic E-state index is 0.0403. The van der Waals surface area contributed by atoms with Gasteiger partial charge in [0.25, 0.3) is 5.91 Å². The molecule has 26 heavy (non-hydrogen) atoms. The molecule has 2 aliphatic heterocycles. The minimum Gasteiger partial charge on any atom is -0.381 e. The molecule has 0 spiro atoms. The Hall–Kier alpha value is -2.88. The number of amides is 1. The molecule has 2 aromatic heterocycles. The Bertz CT molecular complexity index is 840. The van der Waals surface area contributed by atoms with Gasteiger partial charge >= 0.3 is 0 Å². The number of carbonyl (C=O) groups excluding carboxylic acids is 1. The highest BCUT2D eigenvalue weighted by atomic mass is 16.2. The number of carbonyl (C=O) groups is 1. The number of piperidine rings is 2. The van der Waals surface area contributed by atoms with Crippen LogP contribution in [-0.2, 0) is 0 Å². The number of nitriles is 1. The highest BCUT2D eigenvalue weighted by Crippen LogP contribution is 2.36. The Balaban J connectivity index is 1.53. The van der Waals surface area contributed by atoms with Gasteiger partial charge in [-0.15, -0.1) is 0 Å². The third-order valence-electron chi connectivity index (χ3n) is 5.54. The lowest BCUT2D eigenvalue weighted by Gasteiger charge is -2.49. The summed E-state index contributed by atoms with van der Waals surface area (Å²) < 4.78 is 0. The zero-order chi connectivity index (χ0) is 18.1. The lowest BCUT2D eigenvalue weighted by Crippen LogP contribution is -2.57. The lowest BCUT2D eigenvalue weighted by molar-refractivity contribution is 0.0254. The van der Waals surface area contributed by atoms with Crippen LogP contribution in [0.2, 0.25) is 0 Å². The number of hydrogen-bond donors (Lipinski definition) is 2. The van der Waals surface area contributed by atoms with E-state index in [0.29, 0.717) is 11.3 Å². The van der Waals surface area contributed by atoms with E-state index in [1.165, 1.54) is 0 Å². The Morgan fingerprint density at radius 1 is 1.38 bits per heavy atom. The molecule has 0 saturated carbocycles. The fourth-order valence-corrected chi connectivity index (χ4v) is 4.36. The zero-order valence-electron chi connectivity index (χ0n) is 14.8. The lowest BCUT2D eigenvalue weighted by atomic mass is 9.81. The number of aryl methyl sites for hydroxylation is 1. The molecule has 2 N–H and O–H groups in total. The normalized spacial score (nSPS) is 24.8. The molecule has 2 aromatic rings. The van der Waals surface area contributed by atoms with Crippen LogP contribution in [-0.4, -0.2) is 43.9 Å². The summed E-state index contributed by atoms with van der Waals surface area (Å²) in [5.41, 5.74) is 2.75. The predicted octanol–water partition coefficient (Wildman–Crippen LogP) is 2.62. The van der Waals surface area contributed by atoms with Crippen LogP contribution in [0, 0.1) is 18.3 Å². The molecule has 0 aromatic carbocycles. The number of nitrogens with one attached hydrogen (secondary N) is 2. The van der Waals surface area contributed by atoms with E-state index < -0.39 is 0 Å². The standard InChI is InChI=1S/C19H22N6O/c1-12-18(23-11-22-12)19(26)25-15-3-2-4-16(25)8-14(7-15)24-17-5-6-21-10-13(17)9-20/h5-6,10-11,14-16H,2-4,7-8H2,1H3,(H,21,24)(H,22,23). The van der Waals surface area contributed by atoms with E-state index in [0.717, 1.165) is 43.5 Å². The van der Waals surface area contributed by atoms with Crippen LogP contribution in [0.5, 0.6) is 0 Å². The predicted molar refractivity (Wildman–Crippen MR) is 96.5 cm³/mol. The second kappa shape index (κ2) is 6.79. The zero-order valence-corrected chi connectivity index (χ0v) is 14.8. The van der Waals surface area contributed by atoms with Crippen LogP contribution in [0.25, 0.3) is 0 Å². The molecule has 2 fully saturated rings. The van der Waals surface area contributed by atoms with Gasteiger partial charge in [0.05, 0.1) is 17.6 Å². The molecular weight excluding hydrogens is 328 g/mol. The number of rotatable bonds is 3. The van der Waals surface area contributed by atoms with Crippen LogP contribution in [0.4, 0.5) is 5.69 Å². The highest BCUT2D eigenvalue weighted by Gasteiger charge is 2.42. The van der Waals surface area contributed by atoms with E-state index >= 15 is 0 Å². The van der Waals surface area contributed by atoms with Gasteiger partial charge in [-0.2, -0.15) is 5.26 Å². The summed E-state index contributed by atoms with van der Waals surface area (Å²) in [7, 11) is 0. The summed E-state index contributed by atoms with van der Waals surface area (Å²) in [6.45, 7) is 1.89. The van der Waals surface area contributed by atoms with Gasteiger partial charge < -0.3 is 15.2 Å². The van der Waals surface area contributed by atoms with Crippen LogP contribution < -0.4 is 5.32 Å². The second-order valence-corrected chi connectivity index (χ2v) is 7.17. The monoisotopic (exact) mass is 350 g/mol. The van der Waals surface area contributed by atoms with E-state index in [1.54, 1.807) is 18.7 Å². The SMILES string of the molecule is Cc1[nH]cnc1C(=O)N1C2CCCC1CC(Nc1ccncc1C#N)C2. The molecule has 2 unspecified atom stereocenters. The summed E-state index contributed by atoms with van der Waals surface area (Å²) in [6.07, 6.45) is 9.84. The Kier molecular flexibility index (Phi) is 4.33. The van der Waals surface area contributed by atoms with E-state index in [4.69, 9.17) is 0 Å². The maximum atomic E-state index is 13.0. The second-order valence-electron chi connectivity index (χ2n) is 7.17. The van der Waals surface area contributed by atoms with E-state index in [9.17, 15) is 10.1 Å². The first-order valence-electron chi connectivity index (χ1n) is 9.10. The molecular formula is C19H22N6O. The molecule has 7 heteroatoms. The van der Waals surface area contributed by atoms with Gasteiger partial charge in [0.15, 0.2) is 0 Å². The van der Waals surface area contributed by atoms with Gasteiger partial charge in [0.2, 0.25) is 0 Å². The molecule has 1 amide bonds. The highest BCUT2D eigenvalue weighted by molar-refractivity contribution is 5.94. The molecule has 4 heterocycles. The van der Waals surface area contributed by atoms with Gasteiger partial charge in [-0.1, -0.05) is 0 Å². The fraction of sp³-hybridized carbons (Fsp3) is 0.474. The summed E-state index contributed by atoms with van der Waals surface area (Å²) in [5.74, 6) is 0.0403. The van der Waals surface area contributed by atoms with Gasteiger partial charge in [-0.05, 0) is 45.1 Å². The summed E-state index contributed by atoms with van der Waals surface area (Å²) >= 11 is 0. The van der Waals surface area contributed by atoms with Crippen molar-refractivity contribution in [1.82, 2.24) is 19.9 Å². The number of fused-ring (bicyclic) bond motifs is 2. The Labute approximate surface area is 152 Å². The largest absolute Gasteiger partial charge is 0.381 e. The van der Waals surface area contributed by atoms with E-state index in [-0.39, 0.29) is 24.0 Å². The fourth-order valence-electron chi connectivity index (χ4n) is 4.36. The van der Waals surface area contributed by atoms with Crippen molar-refractivity contribution < 1.29 is 4.79 Å². The number of imidazole rings is 1. The van der Waals surface area contributed by atoms with Crippen LogP contribution in [0.3, 0.4) is 0 Å². The number of pyridine rings is 1. The van der Waals surface area contributed by atoms with Crippen molar-refractivity contribution in [2.75, 3.05) is 5.32 Å². The number of aromatic amines is 1. The molecule has 0 aliphatic carbocycles. The van der Waals surface area contributed by atoms with Gasteiger partial charge in [0, 0.05) is 36.2 Å². The molecule has 2 bridgehead atoms. The van der Waals surface area contributed by atoms with E-state index in [1.807, 2.05) is 13.0 Å². The van der Waals surface area contributed by atoms with Gasteiger partial charge in [0.1, 0.15) is 11.8 Å². The van der Waals surface area contributed by atoms with Crippen molar-refractivity contribution in [2.45, 2.75) is 57.2 Å². The van der Waals surface area contributed by atoms with Crippen LogP contribution >= 0.6 is 0 Å². The Morgan fingerprint density at radius 2 is 2.15 bits per heavy atom.